The van der Waals surface area contributed by atoms with Crippen molar-refractivity contribution in [3.8, 4) is 0 Å². The van der Waals surface area contributed by atoms with Crippen LogP contribution in [-0.4, -0.2) is 70.6 Å². The quantitative estimate of drug-likeness (QED) is 0.131. The van der Waals surface area contributed by atoms with Crippen molar-refractivity contribution in [1.29, 1.82) is 0 Å². The van der Waals surface area contributed by atoms with Crippen LogP contribution >= 0.6 is 0 Å². The Kier molecular flexibility index (Phi) is 9.75. The summed E-state index contributed by atoms with van der Waals surface area (Å²) in [7, 11) is 0. The van der Waals surface area contributed by atoms with Gasteiger partial charge in [0.2, 0.25) is 0 Å². The monoisotopic (exact) mass is 595 g/mol. The molecule has 7 heteroatoms. The van der Waals surface area contributed by atoms with E-state index in [0.717, 1.165) is 56.9 Å². The first kappa shape index (κ1) is 32.2. The molecule has 2 unspecified atom stereocenters. The second kappa shape index (κ2) is 13.0. The van der Waals surface area contributed by atoms with E-state index in [4.69, 9.17) is 14.2 Å². The number of aliphatic hydroxyl groups is 1. The molecule has 0 aromatic heterocycles. The number of rotatable bonds is 10. The van der Waals surface area contributed by atoms with E-state index in [-0.39, 0.29) is 35.2 Å². The lowest BCUT2D eigenvalue weighted by Crippen LogP contribution is -2.50. The summed E-state index contributed by atoms with van der Waals surface area (Å²) in [4.78, 5) is 27.2. The van der Waals surface area contributed by atoms with E-state index in [1.165, 1.54) is 5.57 Å². The number of epoxide rings is 1. The van der Waals surface area contributed by atoms with E-state index in [9.17, 15) is 14.7 Å². The third kappa shape index (κ3) is 7.72. The van der Waals surface area contributed by atoms with Crippen molar-refractivity contribution in [3.63, 3.8) is 0 Å². The van der Waals surface area contributed by atoms with Crippen molar-refractivity contribution in [2.24, 2.45) is 23.7 Å². The number of carbonyl (C=O) groups is 2. The molecular formula is C36H53NO6. The lowest BCUT2D eigenvalue weighted by Gasteiger charge is -2.38. The molecule has 0 radical (unpaired) electrons. The van der Waals surface area contributed by atoms with Crippen LogP contribution < -0.4 is 0 Å². The van der Waals surface area contributed by atoms with Gasteiger partial charge >= 0.3 is 6.09 Å². The Hall–Kier alpha value is -2.22. The standard InChI is InChI=1S/C36H53NO6/c1-23(2)31-8-7-17-37(31)34(40)42-27(6)11-13-30(38)20-29-19-25(4)28(18-26(29)5)12-9-24(3)10-14-32-33(39)36(22-41-36)21-35(43-32)15-16-35/h9-11,13-14,25-29,31-33,39H,1,7-8,12,15-22H2,2-6H3/b13-11-,14-10+,24-9+/t25-,26-,27-,28+,29-,31?,32?,33+,36+/m0/s1. The smallest absolute Gasteiger partial charge is 0.410 e. The number of hydrogen-bond donors (Lipinski definition) is 1. The summed E-state index contributed by atoms with van der Waals surface area (Å²) in [6.07, 6.45) is 16.6. The molecule has 3 heterocycles. The van der Waals surface area contributed by atoms with E-state index >= 15 is 0 Å². The molecule has 2 aliphatic carbocycles. The second-order valence-corrected chi connectivity index (χ2v) is 14.5. The largest absolute Gasteiger partial charge is 0.442 e. The zero-order valence-electron chi connectivity index (χ0n) is 26.9. The van der Waals surface area contributed by atoms with Crippen molar-refractivity contribution in [2.75, 3.05) is 13.2 Å². The number of hydrogen-bond acceptors (Lipinski definition) is 6. The van der Waals surface area contributed by atoms with E-state index in [1.54, 1.807) is 24.0 Å². The summed E-state index contributed by atoms with van der Waals surface area (Å²) in [5.41, 5.74) is 1.72. The first-order valence-corrected chi connectivity index (χ1v) is 16.6. The minimum atomic E-state index is -0.598. The number of aliphatic hydroxyl groups excluding tert-OH is 1. The highest BCUT2D eigenvalue weighted by molar-refractivity contribution is 5.89. The number of nitrogens with zero attached hydrogens (tertiary/aromatic N) is 1. The first-order chi connectivity index (χ1) is 20.4. The summed E-state index contributed by atoms with van der Waals surface area (Å²) in [5, 5.41) is 10.8. The number of ketones is 1. The first-order valence-electron chi connectivity index (χ1n) is 16.6. The van der Waals surface area contributed by atoms with Crippen molar-refractivity contribution in [3.05, 3.63) is 48.1 Å². The van der Waals surface area contributed by atoms with Gasteiger partial charge < -0.3 is 24.2 Å². The maximum atomic E-state index is 12.9. The average Bonchev–Trinajstić information content (AvgIpc) is 3.84. The number of carbonyl (C=O) groups excluding carboxylic acids is 2. The summed E-state index contributed by atoms with van der Waals surface area (Å²) in [5.74, 6) is 2.07. The lowest BCUT2D eigenvalue weighted by atomic mass is 9.67. The van der Waals surface area contributed by atoms with Gasteiger partial charge in [0, 0.05) is 19.4 Å². The van der Waals surface area contributed by atoms with Gasteiger partial charge in [-0.1, -0.05) is 49.8 Å². The van der Waals surface area contributed by atoms with Gasteiger partial charge in [0.25, 0.3) is 0 Å². The van der Waals surface area contributed by atoms with Crippen molar-refractivity contribution in [2.45, 2.75) is 128 Å². The van der Waals surface area contributed by atoms with E-state index in [0.29, 0.717) is 43.2 Å². The van der Waals surface area contributed by atoms with E-state index in [1.807, 2.05) is 13.0 Å². The van der Waals surface area contributed by atoms with Crippen LogP contribution in [-0.2, 0) is 19.0 Å². The molecule has 5 fully saturated rings. The van der Waals surface area contributed by atoms with Crippen LogP contribution in [0.5, 0.6) is 0 Å². The van der Waals surface area contributed by atoms with Gasteiger partial charge in [-0.3, -0.25) is 4.79 Å². The number of likely N-dealkylation sites (tertiary alicyclic amines) is 1. The third-order valence-electron chi connectivity index (χ3n) is 10.8. The van der Waals surface area contributed by atoms with Gasteiger partial charge in [0.05, 0.1) is 18.2 Å². The van der Waals surface area contributed by atoms with Crippen LogP contribution in [0.25, 0.3) is 0 Å². The highest BCUT2D eigenvalue weighted by Gasteiger charge is 2.66. The topological polar surface area (TPSA) is 88.6 Å². The SMILES string of the molecule is C=C(C)C1CCCN1C(=O)O[C@@H](C)/C=C\C(=O)C[C@@H]1C[C@H](C)[C@H](C/C=C(C)/C=C/C2OC3(CC3)C[C@@]3(CO3)[C@@H]2O)C[C@@H]1C. The summed E-state index contributed by atoms with van der Waals surface area (Å²) in [6.45, 7) is 15.8. The summed E-state index contributed by atoms with van der Waals surface area (Å²) < 4.78 is 17.6. The summed E-state index contributed by atoms with van der Waals surface area (Å²) >= 11 is 0. The molecule has 1 N–H and O–H groups in total. The maximum absolute atomic E-state index is 12.9. The molecule has 9 atom stereocenters. The van der Waals surface area contributed by atoms with E-state index < -0.39 is 12.2 Å². The molecule has 2 spiro atoms. The van der Waals surface area contributed by atoms with Crippen LogP contribution in [0.15, 0.2) is 48.1 Å². The predicted molar refractivity (Wildman–Crippen MR) is 167 cm³/mol. The van der Waals surface area contributed by atoms with E-state index in [2.05, 4.69) is 39.5 Å². The molecule has 5 rings (SSSR count). The van der Waals surface area contributed by atoms with Crippen LogP contribution in [0.2, 0.25) is 0 Å². The fourth-order valence-electron chi connectivity index (χ4n) is 7.69. The maximum Gasteiger partial charge on any atom is 0.410 e. The molecule has 5 aliphatic rings. The predicted octanol–water partition coefficient (Wildman–Crippen LogP) is 6.71. The third-order valence-corrected chi connectivity index (χ3v) is 10.8. The molecule has 238 valence electrons. The molecule has 43 heavy (non-hydrogen) atoms. The Labute approximate surface area is 258 Å². The molecule has 0 aromatic rings. The average molecular weight is 596 g/mol. The van der Waals surface area contributed by atoms with Crippen molar-refractivity contribution < 1.29 is 28.9 Å². The molecule has 0 bridgehead atoms. The summed E-state index contributed by atoms with van der Waals surface area (Å²) in [6, 6.07) is 0.0465. The normalized spacial score (nSPS) is 37.8. The highest BCUT2D eigenvalue weighted by Crippen LogP contribution is 2.56. The van der Waals surface area contributed by atoms with Crippen LogP contribution in [0.3, 0.4) is 0 Å². The molecule has 2 saturated carbocycles. The molecule has 0 aromatic carbocycles. The Morgan fingerprint density at radius 2 is 1.84 bits per heavy atom. The minimum absolute atomic E-state index is 0.0465. The van der Waals surface area contributed by atoms with Gasteiger partial charge in [-0.2, -0.15) is 0 Å². The molecule has 7 nitrogen and oxygen atoms in total. The molecule has 3 aliphatic heterocycles. The zero-order valence-corrected chi connectivity index (χ0v) is 26.9. The number of amides is 1. The molecular weight excluding hydrogens is 542 g/mol. The molecule has 3 saturated heterocycles. The Morgan fingerprint density at radius 3 is 2.51 bits per heavy atom. The van der Waals surface area contributed by atoms with Gasteiger partial charge in [-0.05, 0) is 102 Å². The van der Waals surface area contributed by atoms with Crippen molar-refractivity contribution >= 4 is 11.9 Å². The zero-order chi connectivity index (χ0) is 30.9. The van der Waals surface area contributed by atoms with Crippen LogP contribution in [0.4, 0.5) is 4.79 Å². The fraction of sp³-hybridized carbons (Fsp3) is 0.722. The number of allylic oxidation sites excluding steroid dienone is 4. The van der Waals surface area contributed by atoms with Crippen LogP contribution in [0.1, 0.15) is 92.4 Å². The van der Waals surface area contributed by atoms with Crippen LogP contribution in [0, 0.1) is 23.7 Å². The Balaban J connectivity index is 1.05. The Morgan fingerprint density at radius 1 is 1.14 bits per heavy atom. The Bertz CT molecular complexity index is 1150. The second-order valence-electron chi connectivity index (χ2n) is 14.5. The minimum Gasteiger partial charge on any atom is -0.442 e. The highest BCUT2D eigenvalue weighted by atomic mass is 16.6. The number of ether oxygens (including phenoxy) is 3. The van der Waals surface area contributed by atoms with Crippen molar-refractivity contribution in [1.82, 2.24) is 4.90 Å². The van der Waals surface area contributed by atoms with Gasteiger partial charge in [-0.25, -0.2) is 4.79 Å². The molecule has 1 amide bonds. The van der Waals surface area contributed by atoms with Gasteiger partial charge in [0.1, 0.15) is 23.9 Å². The lowest BCUT2D eigenvalue weighted by molar-refractivity contribution is -0.144. The van der Waals surface area contributed by atoms with Gasteiger partial charge in [0.15, 0.2) is 5.78 Å². The van der Waals surface area contributed by atoms with Gasteiger partial charge in [-0.15, -0.1) is 0 Å². The fourth-order valence-corrected chi connectivity index (χ4v) is 7.69.